The Balaban J connectivity index is 2.00. The number of imidazole rings is 1. The summed E-state index contributed by atoms with van der Waals surface area (Å²) in [4.78, 5) is 4.08. The first-order chi connectivity index (χ1) is 7.79. The van der Waals surface area contributed by atoms with Gasteiger partial charge < -0.3 is 4.57 Å². The predicted octanol–water partition coefficient (Wildman–Crippen LogP) is 2.31. The van der Waals surface area contributed by atoms with Crippen molar-refractivity contribution in [1.29, 1.82) is 5.26 Å². The molecule has 0 radical (unpaired) electrons. The second kappa shape index (κ2) is 4.63. The van der Waals surface area contributed by atoms with Crippen LogP contribution in [0.4, 0.5) is 0 Å². The van der Waals surface area contributed by atoms with E-state index in [1.54, 1.807) is 0 Å². The van der Waals surface area contributed by atoms with Crippen molar-refractivity contribution in [3.05, 3.63) is 53.6 Å². The molecule has 0 unspecified atom stereocenters. The Kier molecular flexibility index (Phi) is 3.02. The van der Waals surface area contributed by atoms with Gasteiger partial charge in [0.2, 0.25) is 0 Å². The lowest BCUT2D eigenvalue weighted by molar-refractivity contribution is 0.678. The number of rotatable bonds is 3. The molecule has 0 saturated carbocycles. The maximum absolute atomic E-state index is 8.68. The van der Waals surface area contributed by atoms with Crippen LogP contribution in [0.3, 0.4) is 0 Å². The molecule has 0 fully saturated rings. The van der Waals surface area contributed by atoms with Gasteiger partial charge >= 0.3 is 0 Å². The highest BCUT2D eigenvalue weighted by atomic mass is 15.0. The molecule has 0 saturated heterocycles. The zero-order valence-electron chi connectivity index (χ0n) is 9.22. The first kappa shape index (κ1) is 10.4. The molecule has 0 amide bonds. The number of nitrogens with zero attached hydrogens (tertiary/aromatic N) is 3. The Morgan fingerprint density at radius 1 is 1.31 bits per heavy atom. The largest absolute Gasteiger partial charge is 0.335 e. The van der Waals surface area contributed by atoms with E-state index in [4.69, 9.17) is 5.26 Å². The van der Waals surface area contributed by atoms with E-state index in [1.807, 2.05) is 43.7 Å². The van der Waals surface area contributed by atoms with Crippen molar-refractivity contribution in [3.8, 4) is 6.07 Å². The number of aromatic nitrogens is 2. The Hall–Kier alpha value is -2.08. The molecule has 0 atom stereocenters. The normalized spacial score (nSPS) is 10.0. The molecule has 1 aromatic carbocycles. The minimum absolute atomic E-state index is 0.711. The lowest BCUT2D eigenvalue weighted by atomic mass is 10.1. The molecule has 3 heteroatoms. The molecule has 0 bridgehead atoms. The van der Waals surface area contributed by atoms with Gasteiger partial charge in [-0.15, -0.1) is 0 Å². The van der Waals surface area contributed by atoms with Gasteiger partial charge in [-0.2, -0.15) is 5.26 Å². The quantitative estimate of drug-likeness (QED) is 0.781. The van der Waals surface area contributed by atoms with E-state index >= 15 is 0 Å². The molecule has 2 aromatic rings. The highest BCUT2D eigenvalue weighted by Crippen LogP contribution is 2.06. The van der Waals surface area contributed by atoms with Gasteiger partial charge in [-0.05, 0) is 31.0 Å². The van der Waals surface area contributed by atoms with Gasteiger partial charge in [0.1, 0.15) is 0 Å². The lowest BCUT2D eigenvalue weighted by Crippen LogP contribution is -2.01. The van der Waals surface area contributed by atoms with Gasteiger partial charge in [-0.3, -0.25) is 0 Å². The van der Waals surface area contributed by atoms with Crippen LogP contribution in [0, 0.1) is 18.3 Å². The molecule has 0 aliphatic heterocycles. The SMILES string of the molecule is Cc1cncn1CCc1ccc(C#N)cc1. The Labute approximate surface area is 95.0 Å². The van der Waals surface area contributed by atoms with E-state index < -0.39 is 0 Å². The van der Waals surface area contributed by atoms with Gasteiger partial charge in [0.05, 0.1) is 18.0 Å². The fourth-order valence-electron chi connectivity index (χ4n) is 1.62. The highest BCUT2D eigenvalue weighted by molar-refractivity contribution is 5.31. The zero-order valence-corrected chi connectivity index (χ0v) is 9.22. The molecular formula is C13H13N3. The maximum Gasteiger partial charge on any atom is 0.0991 e. The molecule has 0 N–H and O–H groups in total. The summed E-state index contributed by atoms with van der Waals surface area (Å²) in [5, 5.41) is 8.68. The molecule has 0 aliphatic carbocycles. The number of benzene rings is 1. The zero-order chi connectivity index (χ0) is 11.4. The third kappa shape index (κ3) is 2.29. The minimum Gasteiger partial charge on any atom is -0.335 e. The fourth-order valence-corrected chi connectivity index (χ4v) is 1.62. The van der Waals surface area contributed by atoms with E-state index in [0.717, 1.165) is 13.0 Å². The number of aryl methyl sites for hydroxylation is 3. The van der Waals surface area contributed by atoms with Crippen LogP contribution in [0.5, 0.6) is 0 Å². The van der Waals surface area contributed by atoms with E-state index in [2.05, 4.69) is 15.6 Å². The van der Waals surface area contributed by atoms with E-state index in [1.165, 1.54) is 11.3 Å². The second-order valence-electron chi connectivity index (χ2n) is 3.79. The number of hydrogen-bond acceptors (Lipinski definition) is 2. The monoisotopic (exact) mass is 211 g/mol. The van der Waals surface area contributed by atoms with Crippen molar-refractivity contribution >= 4 is 0 Å². The Morgan fingerprint density at radius 3 is 2.62 bits per heavy atom. The lowest BCUT2D eigenvalue weighted by Gasteiger charge is -2.04. The van der Waals surface area contributed by atoms with Gasteiger partial charge in [0.25, 0.3) is 0 Å². The van der Waals surface area contributed by atoms with Crippen LogP contribution in [-0.2, 0) is 13.0 Å². The average molecular weight is 211 g/mol. The summed E-state index contributed by atoms with van der Waals surface area (Å²) in [5.74, 6) is 0. The van der Waals surface area contributed by atoms with Crippen LogP contribution in [0.15, 0.2) is 36.8 Å². The fraction of sp³-hybridized carbons (Fsp3) is 0.231. The van der Waals surface area contributed by atoms with Crippen LogP contribution in [-0.4, -0.2) is 9.55 Å². The topological polar surface area (TPSA) is 41.6 Å². The third-order valence-corrected chi connectivity index (χ3v) is 2.64. The Morgan fingerprint density at radius 2 is 2.06 bits per heavy atom. The third-order valence-electron chi connectivity index (χ3n) is 2.64. The van der Waals surface area contributed by atoms with Crippen LogP contribution in [0.2, 0.25) is 0 Å². The average Bonchev–Trinajstić information content (AvgIpc) is 2.73. The minimum atomic E-state index is 0.711. The van der Waals surface area contributed by atoms with E-state index in [9.17, 15) is 0 Å². The summed E-state index contributed by atoms with van der Waals surface area (Å²) in [6.45, 7) is 2.98. The summed E-state index contributed by atoms with van der Waals surface area (Å²) >= 11 is 0. The summed E-state index contributed by atoms with van der Waals surface area (Å²) in [6, 6.07) is 9.84. The number of nitriles is 1. The predicted molar refractivity (Wildman–Crippen MR) is 61.8 cm³/mol. The van der Waals surface area contributed by atoms with Crippen molar-refractivity contribution in [1.82, 2.24) is 9.55 Å². The van der Waals surface area contributed by atoms with Gasteiger partial charge in [0.15, 0.2) is 0 Å². The Bertz CT molecular complexity index is 503. The molecule has 80 valence electrons. The van der Waals surface area contributed by atoms with Gasteiger partial charge in [0, 0.05) is 18.4 Å². The summed E-state index contributed by atoms with van der Waals surface area (Å²) in [7, 11) is 0. The van der Waals surface area contributed by atoms with Crippen molar-refractivity contribution < 1.29 is 0 Å². The maximum atomic E-state index is 8.68. The molecule has 16 heavy (non-hydrogen) atoms. The van der Waals surface area contributed by atoms with Gasteiger partial charge in [-0.1, -0.05) is 12.1 Å². The molecule has 3 nitrogen and oxygen atoms in total. The van der Waals surface area contributed by atoms with Crippen molar-refractivity contribution in [2.75, 3.05) is 0 Å². The van der Waals surface area contributed by atoms with Gasteiger partial charge in [-0.25, -0.2) is 4.98 Å². The first-order valence-electron chi connectivity index (χ1n) is 5.25. The van der Waals surface area contributed by atoms with Crippen LogP contribution in [0.25, 0.3) is 0 Å². The van der Waals surface area contributed by atoms with Crippen LogP contribution < -0.4 is 0 Å². The summed E-state index contributed by atoms with van der Waals surface area (Å²) in [5.41, 5.74) is 3.13. The standard InChI is InChI=1S/C13H13N3/c1-11-9-15-10-16(11)7-6-12-2-4-13(8-14)5-3-12/h2-5,9-10H,6-7H2,1H3. The molecular weight excluding hydrogens is 198 g/mol. The molecule has 1 heterocycles. The molecule has 1 aromatic heterocycles. The second-order valence-corrected chi connectivity index (χ2v) is 3.79. The molecule has 0 spiro atoms. The summed E-state index contributed by atoms with van der Waals surface area (Å²) < 4.78 is 2.12. The summed E-state index contributed by atoms with van der Waals surface area (Å²) in [6.07, 6.45) is 4.67. The van der Waals surface area contributed by atoms with Crippen LogP contribution in [0.1, 0.15) is 16.8 Å². The molecule has 0 aliphatic rings. The van der Waals surface area contributed by atoms with Crippen molar-refractivity contribution in [2.45, 2.75) is 19.9 Å². The highest BCUT2D eigenvalue weighted by Gasteiger charge is 1.98. The van der Waals surface area contributed by atoms with Crippen molar-refractivity contribution in [3.63, 3.8) is 0 Å². The number of hydrogen-bond donors (Lipinski definition) is 0. The van der Waals surface area contributed by atoms with E-state index in [0.29, 0.717) is 5.56 Å². The molecule has 2 rings (SSSR count). The smallest absolute Gasteiger partial charge is 0.0991 e. The first-order valence-corrected chi connectivity index (χ1v) is 5.25. The van der Waals surface area contributed by atoms with Crippen molar-refractivity contribution in [2.24, 2.45) is 0 Å². The van der Waals surface area contributed by atoms with E-state index in [-0.39, 0.29) is 0 Å². The van der Waals surface area contributed by atoms with Crippen LogP contribution >= 0.6 is 0 Å².